The Hall–Kier alpha value is -3.02. The fraction of sp³-hybridized carbons (Fsp3) is 0.333. The highest BCUT2D eigenvalue weighted by molar-refractivity contribution is 6.02. The molecule has 6 heteroatoms. The van der Waals surface area contributed by atoms with Crippen molar-refractivity contribution in [1.29, 1.82) is 0 Å². The number of carbonyl (C=O) groups excluding carboxylic acids is 1. The van der Waals surface area contributed by atoms with Gasteiger partial charge in [-0.2, -0.15) is 0 Å². The summed E-state index contributed by atoms with van der Waals surface area (Å²) in [6.45, 7) is 4.47. The van der Waals surface area contributed by atoms with Crippen molar-refractivity contribution in [3.63, 3.8) is 0 Å². The first-order valence-corrected chi connectivity index (χ1v) is 9.46. The number of nitrogens with two attached hydrogens (primary N) is 1. The number of nitrogen functional groups attached to an aromatic ring is 1. The van der Waals surface area contributed by atoms with Crippen LogP contribution >= 0.6 is 0 Å². The summed E-state index contributed by atoms with van der Waals surface area (Å²) in [7, 11) is 0. The number of nitrogens with one attached hydrogen (secondary N) is 3. The number of nitrogens with zero attached hydrogens (tertiary/aromatic N) is 1. The number of carbonyl (C=O) groups is 1. The Bertz CT molecular complexity index is 1050. The Morgan fingerprint density at radius 3 is 2.78 bits per heavy atom. The first kappa shape index (κ1) is 16.2. The quantitative estimate of drug-likeness (QED) is 0.574. The Morgan fingerprint density at radius 1 is 1.15 bits per heavy atom. The van der Waals surface area contributed by atoms with Crippen LogP contribution in [0.15, 0.2) is 36.4 Å². The molecule has 0 saturated carbocycles. The maximum absolute atomic E-state index is 12.7. The second kappa shape index (κ2) is 5.74. The van der Waals surface area contributed by atoms with E-state index in [4.69, 9.17) is 5.73 Å². The van der Waals surface area contributed by atoms with Crippen LogP contribution in [0.5, 0.6) is 0 Å². The average molecular weight is 361 g/mol. The number of para-hydroxylation sites is 1. The molecule has 1 aromatic heterocycles. The number of aromatic nitrogens is 2. The zero-order valence-corrected chi connectivity index (χ0v) is 15.4. The number of hydrogen-bond donors (Lipinski definition) is 4. The van der Waals surface area contributed by atoms with Crippen LogP contribution in [0.2, 0.25) is 0 Å². The van der Waals surface area contributed by atoms with E-state index >= 15 is 0 Å². The molecule has 0 saturated heterocycles. The Balaban J connectivity index is 1.63. The molecular weight excluding hydrogens is 338 g/mol. The minimum absolute atomic E-state index is 0.0360. The SMILES string of the molecule is CC(C)CC1Nc2ccccc2C1C1NC(=O)c2cc3nc(N)[nH]c3cc21. The maximum Gasteiger partial charge on any atom is 0.252 e. The predicted octanol–water partition coefficient (Wildman–Crippen LogP) is 3.55. The minimum atomic E-state index is -0.0682. The van der Waals surface area contributed by atoms with Gasteiger partial charge in [-0.15, -0.1) is 0 Å². The van der Waals surface area contributed by atoms with Crippen LogP contribution in [-0.4, -0.2) is 21.9 Å². The highest BCUT2D eigenvalue weighted by Gasteiger charge is 2.43. The van der Waals surface area contributed by atoms with Crippen molar-refractivity contribution in [3.05, 3.63) is 53.1 Å². The fourth-order valence-electron chi connectivity index (χ4n) is 4.68. The van der Waals surface area contributed by atoms with Gasteiger partial charge in [0.1, 0.15) is 0 Å². The topological polar surface area (TPSA) is 95.8 Å². The van der Waals surface area contributed by atoms with Crippen LogP contribution in [0, 0.1) is 5.92 Å². The van der Waals surface area contributed by atoms with Crippen molar-refractivity contribution in [2.45, 2.75) is 38.3 Å². The molecule has 0 aliphatic carbocycles. The smallest absolute Gasteiger partial charge is 0.252 e. The van der Waals surface area contributed by atoms with Crippen molar-refractivity contribution in [3.8, 4) is 0 Å². The molecule has 2 aromatic carbocycles. The van der Waals surface area contributed by atoms with Gasteiger partial charge in [0.25, 0.3) is 5.91 Å². The van der Waals surface area contributed by atoms with E-state index in [9.17, 15) is 4.79 Å². The first-order chi connectivity index (χ1) is 13.0. The summed E-state index contributed by atoms with van der Waals surface area (Å²) >= 11 is 0. The number of amides is 1. The van der Waals surface area contributed by atoms with Crippen LogP contribution in [0.1, 0.15) is 53.7 Å². The van der Waals surface area contributed by atoms with Gasteiger partial charge in [-0.3, -0.25) is 4.79 Å². The molecule has 3 aromatic rings. The molecule has 6 nitrogen and oxygen atoms in total. The Labute approximate surface area is 157 Å². The number of rotatable bonds is 3. The van der Waals surface area contributed by atoms with Crippen LogP contribution in [0.3, 0.4) is 0 Å². The van der Waals surface area contributed by atoms with Crippen LogP contribution in [0.25, 0.3) is 11.0 Å². The molecule has 2 aliphatic heterocycles. The molecule has 5 N–H and O–H groups in total. The zero-order chi connectivity index (χ0) is 18.7. The van der Waals surface area contributed by atoms with Gasteiger partial charge < -0.3 is 21.4 Å². The van der Waals surface area contributed by atoms with Gasteiger partial charge in [-0.25, -0.2) is 4.98 Å². The fourth-order valence-corrected chi connectivity index (χ4v) is 4.68. The summed E-state index contributed by atoms with van der Waals surface area (Å²) in [5.74, 6) is 1.08. The first-order valence-electron chi connectivity index (χ1n) is 9.46. The van der Waals surface area contributed by atoms with Crippen LogP contribution in [-0.2, 0) is 0 Å². The standard InChI is InChI=1S/C21H23N5O/c1-10(2)7-17-18(11-5-3-4-6-14(11)23-17)19-12-8-15-16(25-21(22)24-15)9-13(12)20(27)26-19/h3-6,8-10,17-19,23H,7H2,1-2H3,(H,26,27)(H3,22,24,25). The number of hydrogen-bond acceptors (Lipinski definition) is 4. The Kier molecular flexibility index (Phi) is 3.44. The van der Waals surface area contributed by atoms with Crippen molar-refractivity contribution in [2.75, 3.05) is 11.1 Å². The van der Waals surface area contributed by atoms with Gasteiger partial charge in [-0.05, 0) is 41.7 Å². The molecule has 1 amide bonds. The van der Waals surface area contributed by atoms with Gasteiger partial charge in [0.2, 0.25) is 0 Å². The number of imidazole rings is 1. The second-order valence-corrected chi connectivity index (χ2v) is 8.02. The normalized spacial score (nSPS) is 23.4. The van der Waals surface area contributed by atoms with Crippen LogP contribution < -0.4 is 16.4 Å². The van der Waals surface area contributed by atoms with Crippen molar-refractivity contribution in [2.24, 2.45) is 5.92 Å². The van der Waals surface area contributed by atoms with E-state index in [2.05, 4.69) is 58.7 Å². The molecule has 2 aliphatic rings. The zero-order valence-electron chi connectivity index (χ0n) is 15.4. The lowest BCUT2D eigenvalue weighted by atomic mass is 9.81. The van der Waals surface area contributed by atoms with E-state index in [1.165, 1.54) is 11.3 Å². The molecule has 3 unspecified atom stereocenters. The lowest BCUT2D eigenvalue weighted by Crippen LogP contribution is -2.32. The number of benzene rings is 2. The van der Waals surface area contributed by atoms with E-state index < -0.39 is 0 Å². The molecule has 0 spiro atoms. The lowest BCUT2D eigenvalue weighted by Gasteiger charge is -2.28. The molecule has 138 valence electrons. The Morgan fingerprint density at radius 2 is 1.96 bits per heavy atom. The monoisotopic (exact) mass is 361 g/mol. The van der Waals surface area contributed by atoms with Crippen molar-refractivity contribution < 1.29 is 4.79 Å². The predicted molar refractivity (Wildman–Crippen MR) is 107 cm³/mol. The molecule has 0 fully saturated rings. The minimum Gasteiger partial charge on any atom is -0.381 e. The van der Waals surface area contributed by atoms with E-state index in [0.29, 0.717) is 17.4 Å². The van der Waals surface area contributed by atoms with E-state index in [1.807, 2.05) is 12.1 Å². The third-order valence-electron chi connectivity index (χ3n) is 5.72. The van der Waals surface area contributed by atoms with E-state index in [1.54, 1.807) is 0 Å². The van der Waals surface area contributed by atoms with Crippen molar-refractivity contribution in [1.82, 2.24) is 15.3 Å². The maximum atomic E-state index is 12.7. The molecule has 5 rings (SSSR count). The summed E-state index contributed by atoms with van der Waals surface area (Å²) in [5.41, 5.74) is 11.6. The average Bonchev–Trinajstić information content (AvgIpc) is 3.25. The van der Waals surface area contributed by atoms with E-state index in [-0.39, 0.29) is 23.9 Å². The summed E-state index contributed by atoms with van der Waals surface area (Å²) in [6, 6.07) is 12.5. The molecule has 3 heterocycles. The van der Waals surface area contributed by atoms with Gasteiger partial charge in [0, 0.05) is 23.2 Å². The van der Waals surface area contributed by atoms with Crippen molar-refractivity contribution >= 4 is 28.6 Å². The third-order valence-corrected chi connectivity index (χ3v) is 5.72. The summed E-state index contributed by atoms with van der Waals surface area (Å²) in [4.78, 5) is 20.1. The highest BCUT2D eigenvalue weighted by atomic mass is 16.2. The van der Waals surface area contributed by atoms with Gasteiger partial charge in [0.05, 0.1) is 17.1 Å². The molecule has 0 radical (unpaired) electrons. The van der Waals surface area contributed by atoms with Gasteiger partial charge in [-0.1, -0.05) is 32.0 Å². The number of fused-ring (bicyclic) bond motifs is 3. The number of H-pyrrole nitrogens is 1. The number of anilines is 2. The third kappa shape index (κ3) is 2.47. The summed E-state index contributed by atoms with van der Waals surface area (Å²) in [6.07, 6.45) is 1.04. The van der Waals surface area contributed by atoms with E-state index in [0.717, 1.165) is 23.0 Å². The molecule has 27 heavy (non-hydrogen) atoms. The largest absolute Gasteiger partial charge is 0.381 e. The second-order valence-electron chi connectivity index (χ2n) is 8.02. The van der Waals surface area contributed by atoms with Gasteiger partial charge >= 0.3 is 0 Å². The molecule has 3 atom stereocenters. The molecule has 0 bridgehead atoms. The summed E-state index contributed by atoms with van der Waals surface area (Å²) < 4.78 is 0. The van der Waals surface area contributed by atoms with Crippen LogP contribution in [0.4, 0.5) is 11.6 Å². The summed E-state index contributed by atoms with van der Waals surface area (Å²) in [5, 5.41) is 6.92. The highest BCUT2D eigenvalue weighted by Crippen LogP contribution is 2.48. The molecular formula is C21H23N5O. The lowest BCUT2D eigenvalue weighted by molar-refractivity contribution is 0.0951. The number of aromatic amines is 1. The van der Waals surface area contributed by atoms with Gasteiger partial charge in [0.15, 0.2) is 5.95 Å².